The summed E-state index contributed by atoms with van der Waals surface area (Å²) in [4.78, 5) is 14.9. The second-order valence-corrected chi connectivity index (χ2v) is 4.37. The Morgan fingerprint density at radius 1 is 1.56 bits per heavy atom. The number of hydrogen-bond donors (Lipinski definition) is 0. The van der Waals surface area contributed by atoms with Gasteiger partial charge in [0.15, 0.2) is 5.82 Å². The maximum atomic E-state index is 11.1. The van der Waals surface area contributed by atoms with Crippen LogP contribution in [0.5, 0.6) is 0 Å². The number of carbonyl (C=O) groups excluding carboxylic acids is 1. The van der Waals surface area contributed by atoms with Gasteiger partial charge in [-0.15, -0.1) is 10.2 Å². The number of hydrogen-bond acceptors (Lipinski definition) is 5. The third-order valence-electron chi connectivity index (χ3n) is 2.92. The second kappa shape index (κ2) is 4.69. The molecule has 6 nitrogen and oxygen atoms in total. The summed E-state index contributed by atoms with van der Waals surface area (Å²) >= 11 is 0. The molecule has 1 unspecified atom stereocenters. The standard InChI is InChI=1S/C10H17N5O/c1-8(16)6-9-4-3-5-15(9)7-10-11-13-14(2)12-10/h9H,3-7H2,1-2H3. The fraction of sp³-hybridized carbons (Fsp3) is 0.800. The molecule has 2 rings (SSSR count). The van der Waals surface area contributed by atoms with Gasteiger partial charge in [-0.25, -0.2) is 0 Å². The van der Waals surface area contributed by atoms with Crippen LogP contribution < -0.4 is 0 Å². The molecule has 0 amide bonds. The van der Waals surface area contributed by atoms with E-state index in [0.717, 1.165) is 25.2 Å². The Bertz CT molecular complexity index is 375. The molecule has 0 aliphatic carbocycles. The van der Waals surface area contributed by atoms with Gasteiger partial charge < -0.3 is 0 Å². The summed E-state index contributed by atoms with van der Waals surface area (Å²) in [5.41, 5.74) is 0. The molecule has 0 aromatic carbocycles. The number of ketones is 1. The van der Waals surface area contributed by atoms with Crippen LogP contribution in [0.4, 0.5) is 0 Å². The molecule has 1 saturated heterocycles. The molecule has 88 valence electrons. The van der Waals surface area contributed by atoms with Gasteiger partial charge in [-0.2, -0.15) is 4.80 Å². The van der Waals surface area contributed by atoms with E-state index >= 15 is 0 Å². The summed E-state index contributed by atoms with van der Waals surface area (Å²) in [6.45, 7) is 3.37. The van der Waals surface area contributed by atoms with Gasteiger partial charge in [-0.05, 0) is 31.5 Å². The van der Waals surface area contributed by atoms with E-state index in [-0.39, 0.29) is 5.78 Å². The maximum Gasteiger partial charge on any atom is 0.188 e. The monoisotopic (exact) mass is 223 g/mol. The van der Waals surface area contributed by atoms with E-state index in [4.69, 9.17) is 0 Å². The van der Waals surface area contributed by atoms with Gasteiger partial charge in [0.1, 0.15) is 5.78 Å². The first-order chi connectivity index (χ1) is 7.65. The summed E-state index contributed by atoms with van der Waals surface area (Å²) in [7, 11) is 1.76. The van der Waals surface area contributed by atoms with Crippen LogP contribution >= 0.6 is 0 Å². The van der Waals surface area contributed by atoms with Crippen molar-refractivity contribution < 1.29 is 4.79 Å². The van der Waals surface area contributed by atoms with Crippen molar-refractivity contribution in [2.75, 3.05) is 6.54 Å². The number of nitrogens with zero attached hydrogens (tertiary/aromatic N) is 5. The van der Waals surface area contributed by atoms with E-state index in [9.17, 15) is 4.79 Å². The summed E-state index contributed by atoms with van der Waals surface area (Å²) in [6, 6.07) is 0.362. The number of carbonyl (C=O) groups is 1. The number of likely N-dealkylation sites (tertiary alicyclic amines) is 1. The van der Waals surface area contributed by atoms with Crippen molar-refractivity contribution in [3.8, 4) is 0 Å². The van der Waals surface area contributed by atoms with Crippen molar-refractivity contribution in [1.82, 2.24) is 25.1 Å². The first-order valence-electron chi connectivity index (χ1n) is 5.61. The first-order valence-corrected chi connectivity index (χ1v) is 5.61. The van der Waals surface area contributed by atoms with E-state index in [2.05, 4.69) is 20.3 Å². The number of Topliss-reactive ketones (excluding diaryl/α,β-unsaturated/α-hetero) is 1. The fourth-order valence-corrected chi connectivity index (χ4v) is 2.23. The molecule has 16 heavy (non-hydrogen) atoms. The largest absolute Gasteiger partial charge is 0.300 e. The van der Waals surface area contributed by atoms with Crippen molar-refractivity contribution >= 4 is 5.78 Å². The normalized spacial score (nSPS) is 21.5. The second-order valence-electron chi connectivity index (χ2n) is 4.37. The lowest BCUT2D eigenvalue weighted by Crippen LogP contribution is -2.30. The lowest BCUT2D eigenvalue weighted by molar-refractivity contribution is -0.118. The van der Waals surface area contributed by atoms with Gasteiger partial charge in [-0.1, -0.05) is 0 Å². The van der Waals surface area contributed by atoms with Gasteiger partial charge in [0.25, 0.3) is 0 Å². The Morgan fingerprint density at radius 2 is 2.38 bits per heavy atom. The summed E-state index contributed by atoms with van der Waals surface area (Å²) in [5.74, 6) is 0.988. The lowest BCUT2D eigenvalue weighted by atomic mass is 10.1. The van der Waals surface area contributed by atoms with Gasteiger partial charge in [0, 0.05) is 12.5 Å². The summed E-state index contributed by atoms with van der Waals surface area (Å²) < 4.78 is 0. The molecule has 1 aliphatic rings. The van der Waals surface area contributed by atoms with E-state index in [1.54, 1.807) is 14.0 Å². The molecule has 6 heteroatoms. The molecule has 1 aromatic rings. The Hall–Kier alpha value is -1.30. The van der Waals surface area contributed by atoms with Gasteiger partial charge in [0.05, 0.1) is 13.6 Å². The average molecular weight is 223 g/mol. The number of tetrazole rings is 1. The molecule has 0 N–H and O–H groups in total. The van der Waals surface area contributed by atoms with Crippen molar-refractivity contribution in [3.05, 3.63) is 5.82 Å². The zero-order valence-corrected chi connectivity index (χ0v) is 9.76. The third kappa shape index (κ3) is 2.63. The molecule has 0 bridgehead atoms. The number of aromatic nitrogens is 4. The quantitative estimate of drug-likeness (QED) is 0.727. The van der Waals surface area contributed by atoms with Gasteiger partial charge in [-0.3, -0.25) is 9.69 Å². The first kappa shape index (κ1) is 11.2. The Kier molecular flexibility index (Phi) is 3.28. The van der Waals surface area contributed by atoms with E-state index < -0.39 is 0 Å². The highest BCUT2D eigenvalue weighted by molar-refractivity contribution is 5.76. The topological polar surface area (TPSA) is 63.9 Å². The highest BCUT2D eigenvalue weighted by Gasteiger charge is 2.26. The minimum absolute atomic E-state index is 0.254. The predicted octanol–water partition coefficient (Wildman–Crippen LogP) is 0.154. The van der Waals surface area contributed by atoms with Crippen LogP contribution in [0.3, 0.4) is 0 Å². The molecule has 2 heterocycles. The van der Waals surface area contributed by atoms with Crippen LogP contribution in [-0.4, -0.2) is 43.5 Å². The van der Waals surface area contributed by atoms with Crippen molar-refractivity contribution in [2.45, 2.75) is 38.8 Å². The molecule has 0 radical (unpaired) electrons. The van der Waals surface area contributed by atoms with Gasteiger partial charge >= 0.3 is 0 Å². The van der Waals surface area contributed by atoms with Crippen LogP contribution in [0, 0.1) is 0 Å². The Morgan fingerprint density at radius 3 is 3.00 bits per heavy atom. The van der Waals surface area contributed by atoms with Crippen molar-refractivity contribution in [1.29, 1.82) is 0 Å². The SMILES string of the molecule is CC(=O)CC1CCCN1Cc1nnn(C)n1. The fourth-order valence-electron chi connectivity index (χ4n) is 2.23. The summed E-state index contributed by atoms with van der Waals surface area (Å²) in [5, 5.41) is 11.9. The zero-order chi connectivity index (χ0) is 11.5. The summed E-state index contributed by atoms with van der Waals surface area (Å²) in [6.07, 6.45) is 2.89. The Labute approximate surface area is 94.6 Å². The molecule has 1 aromatic heterocycles. The van der Waals surface area contributed by atoms with E-state index in [1.807, 2.05) is 0 Å². The molecule has 0 saturated carbocycles. The minimum atomic E-state index is 0.254. The van der Waals surface area contributed by atoms with Crippen molar-refractivity contribution in [2.24, 2.45) is 7.05 Å². The van der Waals surface area contributed by atoms with E-state index in [1.165, 1.54) is 4.80 Å². The van der Waals surface area contributed by atoms with Crippen LogP contribution in [0.15, 0.2) is 0 Å². The van der Waals surface area contributed by atoms with Gasteiger partial charge in [0.2, 0.25) is 0 Å². The molecule has 1 atom stereocenters. The average Bonchev–Trinajstić information content (AvgIpc) is 2.77. The molecule has 0 spiro atoms. The zero-order valence-electron chi connectivity index (χ0n) is 9.76. The predicted molar refractivity (Wildman–Crippen MR) is 57.5 cm³/mol. The van der Waals surface area contributed by atoms with Crippen LogP contribution in [0.1, 0.15) is 32.0 Å². The third-order valence-corrected chi connectivity index (χ3v) is 2.92. The van der Waals surface area contributed by atoms with Crippen LogP contribution in [-0.2, 0) is 18.4 Å². The van der Waals surface area contributed by atoms with Crippen molar-refractivity contribution in [3.63, 3.8) is 0 Å². The smallest absolute Gasteiger partial charge is 0.188 e. The highest BCUT2D eigenvalue weighted by atomic mass is 16.1. The molecular formula is C10H17N5O. The van der Waals surface area contributed by atoms with Crippen LogP contribution in [0.25, 0.3) is 0 Å². The maximum absolute atomic E-state index is 11.1. The number of aryl methyl sites for hydroxylation is 1. The Balaban J connectivity index is 1.95. The molecular weight excluding hydrogens is 206 g/mol. The molecule has 1 fully saturated rings. The molecule has 1 aliphatic heterocycles. The lowest BCUT2D eigenvalue weighted by Gasteiger charge is -2.21. The number of rotatable bonds is 4. The highest BCUT2D eigenvalue weighted by Crippen LogP contribution is 2.21. The van der Waals surface area contributed by atoms with E-state index in [0.29, 0.717) is 19.0 Å². The minimum Gasteiger partial charge on any atom is -0.300 e. The van der Waals surface area contributed by atoms with Crippen LogP contribution in [0.2, 0.25) is 0 Å².